The van der Waals surface area contributed by atoms with Crippen LogP contribution in [0.5, 0.6) is 5.75 Å². The average Bonchev–Trinajstić information content (AvgIpc) is 3.37. The lowest BCUT2D eigenvalue weighted by Crippen LogP contribution is -2.16. The molecule has 0 aliphatic carbocycles. The number of amides is 2. The van der Waals surface area contributed by atoms with E-state index in [1.807, 2.05) is 6.92 Å². The summed E-state index contributed by atoms with van der Waals surface area (Å²) >= 11 is 7.81. The van der Waals surface area contributed by atoms with Crippen molar-refractivity contribution in [2.24, 2.45) is 5.73 Å². The third-order valence-corrected chi connectivity index (χ3v) is 7.19. The molecule has 2 amide bonds. The fraction of sp³-hybridized carbons (Fsp3) is 0.286. The number of hydrogen-bond acceptors (Lipinski definition) is 9. The molecule has 0 spiro atoms. The summed E-state index contributed by atoms with van der Waals surface area (Å²) in [6.45, 7) is 4.01. The maximum Gasteiger partial charge on any atom is 0.341 e. The molecule has 14 heteroatoms. The number of nitrogens with two attached hydrogens (primary N) is 1. The van der Waals surface area contributed by atoms with Gasteiger partial charge in [-0.2, -0.15) is 0 Å². The fourth-order valence-electron chi connectivity index (χ4n) is 3.04. The molecule has 3 N–H and O–H groups in total. The summed E-state index contributed by atoms with van der Waals surface area (Å²) in [6, 6.07) is 4.02. The van der Waals surface area contributed by atoms with Crippen LogP contribution in [0.1, 0.15) is 38.3 Å². The van der Waals surface area contributed by atoms with Crippen molar-refractivity contribution in [1.82, 2.24) is 14.8 Å². The molecule has 0 aliphatic heterocycles. The van der Waals surface area contributed by atoms with Gasteiger partial charge in [-0.25, -0.2) is 9.18 Å². The molecule has 3 rings (SSSR count). The van der Waals surface area contributed by atoms with Gasteiger partial charge in [0.15, 0.2) is 11.0 Å². The molecule has 0 aliphatic rings. The number of halogens is 2. The van der Waals surface area contributed by atoms with Gasteiger partial charge in [0.2, 0.25) is 5.91 Å². The first-order valence-corrected chi connectivity index (χ1v) is 12.3. The largest absolute Gasteiger partial charge is 0.486 e. The van der Waals surface area contributed by atoms with Gasteiger partial charge >= 0.3 is 5.97 Å². The molecule has 0 saturated heterocycles. The van der Waals surface area contributed by atoms with Crippen LogP contribution in [0, 0.1) is 12.7 Å². The normalized spacial score (nSPS) is 10.8. The first kappa shape index (κ1) is 26.4. The monoisotopic (exact) mass is 541 g/mol. The predicted octanol–water partition coefficient (Wildman–Crippen LogP) is 3.66. The Labute approximate surface area is 212 Å². The number of thioether (sulfide) groups is 1. The van der Waals surface area contributed by atoms with Gasteiger partial charge in [0.1, 0.15) is 23.2 Å². The summed E-state index contributed by atoms with van der Waals surface area (Å²) < 4.78 is 25.5. The zero-order valence-electron chi connectivity index (χ0n) is 18.9. The Balaban J connectivity index is 1.67. The molecule has 10 nitrogen and oxygen atoms in total. The van der Waals surface area contributed by atoms with Crippen LogP contribution in [0.2, 0.25) is 5.02 Å². The Kier molecular flexibility index (Phi) is 8.70. The van der Waals surface area contributed by atoms with E-state index in [1.165, 1.54) is 25.3 Å². The second-order valence-corrected chi connectivity index (χ2v) is 9.33. The zero-order chi connectivity index (χ0) is 25.7. The average molecular weight is 542 g/mol. The minimum absolute atomic E-state index is 0.0456. The van der Waals surface area contributed by atoms with Crippen LogP contribution >= 0.6 is 34.7 Å². The van der Waals surface area contributed by atoms with Crippen molar-refractivity contribution >= 4 is 57.5 Å². The second-order valence-electron chi connectivity index (χ2n) is 6.96. The van der Waals surface area contributed by atoms with Gasteiger partial charge in [0, 0.05) is 12.6 Å². The standard InChI is InChI=1S/C21H21ClFN5O5S2/c1-4-28-14(8-33-11-5-6-13(23)12(22)7-11)26-27-21(28)34-9-15(29)25-19-16(20(31)32-3)10(2)17(35-19)18(24)30/h5-7H,4,8-9H2,1-3H3,(H2,24,30)(H,25,29). The highest BCUT2D eigenvalue weighted by Gasteiger charge is 2.25. The minimum atomic E-state index is -0.707. The third kappa shape index (κ3) is 6.10. The number of thiophene rings is 1. The lowest BCUT2D eigenvalue weighted by molar-refractivity contribution is -0.113. The number of carbonyl (C=O) groups is 3. The first-order chi connectivity index (χ1) is 16.7. The predicted molar refractivity (Wildman–Crippen MR) is 130 cm³/mol. The highest BCUT2D eigenvalue weighted by atomic mass is 35.5. The van der Waals surface area contributed by atoms with Gasteiger partial charge in [0.05, 0.1) is 28.3 Å². The molecular formula is C21H21ClFN5O5S2. The van der Waals surface area contributed by atoms with Crippen LogP contribution in [-0.2, 0) is 22.7 Å². The number of benzene rings is 1. The lowest BCUT2D eigenvalue weighted by Gasteiger charge is -2.09. The summed E-state index contributed by atoms with van der Waals surface area (Å²) in [5.41, 5.74) is 5.79. The number of esters is 1. The van der Waals surface area contributed by atoms with E-state index >= 15 is 0 Å². The Morgan fingerprint density at radius 1 is 1.31 bits per heavy atom. The van der Waals surface area contributed by atoms with Crippen molar-refractivity contribution in [3.05, 3.63) is 50.9 Å². The lowest BCUT2D eigenvalue weighted by atomic mass is 10.1. The summed E-state index contributed by atoms with van der Waals surface area (Å²) in [7, 11) is 1.20. The van der Waals surface area contributed by atoms with Crippen molar-refractivity contribution in [2.75, 3.05) is 18.2 Å². The first-order valence-electron chi connectivity index (χ1n) is 10.1. The third-order valence-electron chi connectivity index (χ3n) is 4.71. The molecule has 0 bridgehead atoms. The molecule has 2 aromatic heterocycles. The van der Waals surface area contributed by atoms with Gasteiger partial charge in [-0.1, -0.05) is 23.4 Å². The van der Waals surface area contributed by atoms with Gasteiger partial charge < -0.3 is 25.1 Å². The molecule has 186 valence electrons. The number of nitrogens with one attached hydrogen (secondary N) is 1. The fourth-order valence-corrected chi connectivity index (χ4v) is 5.10. The molecule has 35 heavy (non-hydrogen) atoms. The molecule has 0 saturated carbocycles. The van der Waals surface area contributed by atoms with E-state index in [0.717, 1.165) is 23.1 Å². The highest BCUT2D eigenvalue weighted by Crippen LogP contribution is 2.33. The molecule has 0 fully saturated rings. The summed E-state index contributed by atoms with van der Waals surface area (Å²) in [5, 5.41) is 11.5. The number of ether oxygens (including phenoxy) is 2. The molecule has 0 unspecified atom stereocenters. The van der Waals surface area contributed by atoms with Crippen LogP contribution < -0.4 is 15.8 Å². The second kappa shape index (κ2) is 11.5. The molecule has 0 atom stereocenters. The number of carbonyl (C=O) groups excluding carboxylic acids is 3. The Morgan fingerprint density at radius 2 is 2.06 bits per heavy atom. The van der Waals surface area contributed by atoms with E-state index in [9.17, 15) is 18.8 Å². The number of anilines is 1. The van der Waals surface area contributed by atoms with Crippen LogP contribution in [-0.4, -0.2) is 45.4 Å². The van der Waals surface area contributed by atoms with Crippen molar-refractivity contribution in [3.8, 4) is 5.75 Å². The van der Waals surface area contributed by atoms with Crippen molar-refractivity contribution < 1.29 is 28.2 Å². The minimum Gasteiger partial charge on any atom is -0.486 e. The number of methoxy groups -OCH3 is 1. The van der Waals surface area contributed by atoms with Crippen LogP contribution in [0.3, 0.4) is 0 Å². The number of hydrogen-bond donors (Lipinski definition) is 2. The Morgan fingerprint density at radius 3 is 2.69 bits per heavy atom. The van der Waals surface area contributed by atoms with Gasteiger partial charge in [0.25, 0.3) is 5.91 Å². The van der Waals surface area contributed by atoms with E-state index in [2.05, 4.69) is 15.5 Å². The summed E-state index contributed by atoms with van der Waals surface area (Å²) in [6.07, 6.45) is 0. The number of nitrogens with zero attached hydrogens (tertiary/aromatic N) is 3. The maximum absolute atomic E-state index is 13.3. The number of aromatic nitrogens is 3. The molecular weight excluding hydrogens is 521 g/mol. The summed E-state index contributed by atoms with van der Waals surface area (Å²) in [4.78, 5) is 36.6. The smallest absolute Gasteiger partial charge is 0.341 e. The zero-order valence-corrected chi connectivity index (χ0v) is 21.3. The van der Waals surface area contributed by atoms with Gasteiger partial charge in [-0.05, 0) is 31.5 Å². The molecule has 0 radical (unpaired) electrons. The van der Waals surface area contributed by atoms with E-state index in [-0.39, 0.29) is 32.8 Å². The molecule has 1 aromatic carbocycles. The summed E-state index contributed by atoms with van der Waals surface area (Å²) in [5.74, 6) is -1.54. The van der Waals surface area contributed by atoms with Crippen molar-refractivity contribution in [1.29, 1.82) is 0 Å². The number of primary amides is 1. The molecule has 3 aromatic rings. The van der Waals surface area contributed by atoms with Crippen LogP contribution in [0.25, 0.3) is 0 Å². The Bertz CT molecular complexity index is 1280. The van der Waals surface area contributed by atoms with E-state index in [1.54, 1.807) is 11.5 Å². The topological polar surface area (TPSA) is 138 Å². The maximum atomic E-state index is 13.3. The van der Waals surface area contributed by atoms with Crippen molar-refractivity contribution in [3.63, 3.8) is 0 Å². The van der Waals surface area contributed by atoms with E-state index < -0.39 is 23.6 Å². The highest BCUT2D eigenvalue weighted by molar-refractivity contribution is 7.99. The van der Waals surface area contributed by atoms with E-state index in [0.29, 0.717) is 28.8 Å². The SMILES string of the molecule is CCn1c(COc2ccc(F)c(Cl)c2)nnc1SCC(=O)Nc1sc(C(N)=O)c(C)c1C(=O)OC. The van der Waals surface area contributed by atoms with Crippen LogP contribution in [0.4, 0.5) is 9.39 Å². The Hall–Kier alpha value is -3.16. The van der Waals surface area contributed by atoms with Gasteiger partial charge in [-0.3, -0.25) is 9.59 Å². The molecule has 2 heterocycles. The van der Waals surface area contributed by atoms with Crippen LogP contribution in [0.15, 0.2) is 23.4 Å². The van der Waals surface area contributed by atoms with Crippen molar-refractivity contribution in [2.45, 2.75) is 32.2 Å². The number of rotatable bonds is 10. The van der Waals surface area contributed by atoms with Gasteiger partial charge in [-0.15, -0.1) is 21.5 Å². The van der Waals surface area contributed by atoms with E-state index in [4.69, 9.17) is 26.8 Å². The quantitative estimate of drug-likeness (QED) is 0.293.